The van der Waals surface area contributed by atoms with Crippen LogP contribution in [-0.2, 0) is 0 Å². The smallest absolute Gasteiger partial charge is 0.259 e. The standard InChI is InChI=1S/C14H19N5O2S/c1-9(5-10(2)20)6-15-12-4-3-11(7-16-12)13(21)18-14-19-17-8-22-14/h3-4,7-10,20H,5-6H2,1-2H3,(H,15,16)(H,18,19,21). The van der Waals surface area contributed by atoms with Crippen molar-refractivity contribution in [2.45, 2.75) is 26.4 Å². The molecule has 0 aliphatic carbocycles. The third kappa shape index (κ3) is 5.05. The largest absolute Gasteiger partial charge is 0.393 e. The summed E-state index contributed by atoms with van der Waals surface area (Å²) in [5.74, 6) is 0.769. The predicted octanol–water partition coefficient (Wildman–Crippen LogP) is 2.00. The Morgan fingerprint density at radius 2 is 2.23 bits per heavy atom. The van der Waals surface area contributed by atoms with E-state index in [1.165, 1.54) is 17.5 Å². The number of anilines is 2. The molecule has 0 aliphatic rings. The molecular weight excluding hydrogens is 302 g/mol. The average molecular weight is 321 g/mol. The molecule has 0 bridgehead atoms. The monoisotopic (exact) mass is 321 g/mol. The molecule has 8 heteroatoms. The first kappa shape index (κ1) is 16.3. The van der Waals surface area contributed by atoms with E-state index < -0.39 is 0 Å². The minimum atomic E-state index is -0.309. The number of carbonyl (C=O) groups is 1. The number of pyridine rings is 1. The van der Waals surface area contributed by atoms with Gasteiger partial charge in [-0.1, -0.05) is 18.3 Å². The van der Waals surface area contributed by atoms with E-state index in [1.807, 2.05) is 0 Å². The van der Waals surface area contributed by atoms with E-state index in [1.54, 1.807) is 24.6 Å². The number of hydrogen-bond acceptors (Lipinski definition) is 7. The summed E-state index contributed by atoms with van der Waals surface area (Å²) in [7, 11) is 0. The van der Waals surface area contributed by atoms with Gasteiger partial charge in [-0.15, -0.1) is 10.2 Å². The van der Waals surface area contributed by atoms with Gasteiger partial charge in [0.2, 0.25) is 5.13 Å². The second-order valence-electron chi connectivity index (χ2n) is 5.20. The molecular formula is C14H19N5O2S. The molecule has 0 saturated carbocycles. The van der Waals surface area contributed by atoms with E-state index in [9.17, 15) is 9.90 Å². The summed E-state index contributed by atoms with van der Waals surface area (Å²) < 4.78 is 0. The summed E-state index contributed by atoms with van der Waals surface area (Å²) in [6, 6.07) is 3.45. The number of aliphatic hydroxyl groups excluding tert-OH is 1. The molecule has 2 unspecified atom stereocenters. The fourth-order valence-electron chi connectivity index (χ4n) is 1.97. The lowest BCUT2D eigenvalue weighted by molar-refractivity contribution is 0.102. The van der Waals surface area contributed by atoms with Crippen LogP contribution >= 0.6 is 11.3 Å². The number of amides is 1. The fraction of sp³-hybridized carbons (Fsp3) is 0.429. The summed E-state index contributed by atoms with van der Waals surface area (Å²) in [5.41, 5.74) is 2.01. The second-order valence-corrected chi connectivity index (χ2v) is 6.03. The fourth-order valence-corrected chi connectivity index (χ4v) is 2.41. The maximum atomic E-state index is 12.0. The minimum Gasteiger partial charge on any atom is -0.393 e. The van der Waals surface area contributed by atoms with E-state index in [4.69, 9.17) is 0 Å². The van der Waals surface area contributed by atoms with Crippen LogP contribution in [0.15, 0.2) is 23.8 Å². The molecule has 7 nitrogen and oxygen atoms in total. The first-order valence-electron chi connectivity index (χ1n) is 7.00. The van der Waals surface area contributed by atoms with Crippen molar-refractivity contribution >= 4 is 28.2 Å². The first-order valence-corrected chi connectivity index (χ1v) is 7.88. The highest BCUT2D eigenvalue weighted by atomic mass is 32.1. The Bertz CT molecular complexity index is 586. The van der Waals surface area contributed by atoms with Gasteiger partial charge in [0.15, 0.2) is 0 Å². The van der Waals surface area contributed by atoms with Crippen molar-refractivity contribution in [1.82, 2.24) is 15.2 Å². The van der Waals surface area contributed by atoms with Crippen LogP contribution in [0.3, 0.4) is 0 Å². The first-order chi connectivity index (χ1) is 10.5. The molecule has 0 spiro atoms. The Kier molecular flexibility index (Phi) is 5.79. The normalized spacial score (nSPS) is 13.4. The molecule has 1 amide bonds. The molecule has 0 saturated heterocycles. The molecule has 2 rings (SSSR count). The lowest BCUT2D eigenvalue weighted by atomic mass is 10.1. The lowest BCUT2D eigenvalue weighted by Crippen LogP contribution is -2.17. The van der Waals surface area contributed by atoms with E-state index >= 15 is 0 Å². The van der Waals surface area contributed by atoms with E-state index in [-0.39, 0.29) is 12.0 Å². The quantitative estimate of drug-likeness (QED) is 0.721. The van der Waals surface area contributed by atoms with Crippen molar-refractivity contribution in [2.24, 2.45) is 5.92 Å². The number of hydrogen-bond donors (Lipinski definition) is 3. The number of nitrogens with zero attached hydrogens (tertiary/aromatic N) is 3. The molecule has 3 N–H and O–H groups in total. The summed E-state index contributed by atoms with van der Waals surface area (Å²) >= 11 is 1.26. The predicted molar refractivity (Wildman–Crippen MR) is 86.1 cm³/mol. The van der Waals surface area contributed by atoms with Crippen LogP contribution in [0.4, 0.5) is 10.9 Å². The van der Waals surface area contributed by atoms with Gasteiger partial charge in [-0.2, -0.15) is 0 Å². The molecule has 0 aromatic carbocycles. The zero-order valence-electron chi connectivity index (χ0n) is 12.5. The van der Waals surface area contributed by atoms with Gasteiger partial charge in [0, 0.05) is 12.7 Å². The van der Waals surface area contributed by atoms with Crippen LogP contribution in [0.25, 0.3) is 0 Å². The van der Waals surface area contributed by atoms with E-state index in [2.05, 4.69) is 32.7 Å². The Morgan fingerprint density at radius 1 is 1.41 bits per heavy atom. The molecule has 0 fully saturated rings. The number of nitrogens with one attached hydrogen (secondary N) is 2. The van der Waals surface area contributed by atoms with Gasteiger partial charge in [0.25, 0.3) is 5.91 Å². The highest BCUT2D eigenvalue weighted by molar-refractivity contribution is 7.13. The SMILES string of the molecule is CC(O)CC(C)CNc1ccc(C(=O)Nc2nncs2)cn1. The van der Waals surface area contributed by atoms with Gasteiger partial charge in [-0.05, 0) is 31.4 Å². The van der Waals surface area contributed by atoms with E-state index in [0.717, 1.165) is 6.42 Å². The molecule has 2 aromatic rings. The third-order valence-corrected chi connectivity index (χ3v) is 3.59. The van der Waals surface area contributed by atoms with Crippen LogP contribution in [0.2, 0.25) is 0 Å². The third-order valence-electron chi connectivity index (χ3n) is 2.98. The minimum absolute atomic E-state index is 0.265. The molecule has 118 valence electrons. The molecule has 2 atom stereocenters. The van der Waals surface area contributed by atoms with Crippen LogP contribution in [-0.4, -0.2) is 38.8 Å². The molecule has 0 radical (unpaired) electrons. The van der Waals surface area contributed by atoms with Crippen molar-refractivity contribution in [3.63, 3.8) is 0 Å². The van der Waals surface area contributed by atoms with Crippen LogP contribution in [0.1, 0.15) is 30.6 Å². The Morgan fingerprint density at radius 3 is 2.82 bits per heavy atom. The van der Waals surface area contributed by atoms with Gasteiger partial charge in [0.1, 0.15) is 11.3 Å². The molecule has 2 heterocycles. The lowest BCUT2D eigenvalue weighted by Gasteiger charge is -2.14. The Labute approximate surface area is 132 Å². The maximum absolute atomic E-state index is 12.0. The number of carbonyl (C=O) groups excluding carboxylic acids is 1. The molecule has 22 heavy (non-hydrogen) atoms. The zero-order valence-corrected chi connectivity index (χ0v) is 13.3. The summed E-state index contributed by atoms with van der Waals surface area (Å²) in [6.45, 7) is 4.55. The molecule has 2 aromatic heterocycles. The number of aliphatic hydroxyl groups is 1. The number of rotatable bonds is 7. The molecule has 0 aliphatic heterocycles. The van der Waals surface area contributed by atoms with Crippen LogP contribution in [0.5, 0.6) is 0 Å². The second kappa shape index (κ2) is 7.81. The van der Waals surface area contributed by atoms with E-state index in [0.29, 0.717) is 29.0 Å². The zero-order chi connectivity index (χ0) is 15.9. The Hall–Kier alpha value is -2.06. The van der Waals surface area contributed by atoms with Gasteiger partial charge < -0.3 is 10.4 Å². The van der Waals surface area contributed by atoms with Crippen molar-refractivity contribution < 1.29 is 9.90 Å². The van der Waals surface area contributed by atoms with Crippen LogP contribution < -0.4 is 10.6 Å². The highest BCUT2D eigenvalue weighted by Gasteiger charge is 2.09. The topological polar surface area (TPSA) is 100 Å². The van der Waals surface area contributed by atoms with Crippen LogP contribution in [0, 0.1) is 5.92 Å². The Balaban J connectivity index is 1.86. The summed E-state index contributed by atoms with van der Waals surface area (Å²) in [6.07, 6.45) is 1.93. The van der Waals surface area contributed by atoms with Crippen molar-refractivity contribution in [3.8, 4) is 0 Å². The van der Waals surface area contributed by atoms with Gasteiger partial charge in [-0.25, -0.2) is 4.98 Å². The van der Waals surface area contributed by atoms with Crippen molar-refractivity contribution in [3.05, 3.63) is 29.4 Å². The van der Waals surface area contributed by atoms with Gasteiger partial charge in [-0.3, -0.25) is 10.1 Å². The van der Waals surface area contributed by atoms with Gasteiger partial charge in [0.05, 0.1) is 11.7 Å². The highest BCUT2D eigenvalue weighted by Crippen LogP contribution is 2.12. The average Bonchev–Trinajstić information content (AvgIpc) is 2.98. The summed E-state index contributed by atoms with van der Waals surface area (Å²) in [5, 5.41) is 23.0. The summed E-state index contributed by atoms with van der Waals surface area (Å²) in [4.78, 5) is 16.2. The van der Waals surface area contributed by atoms with Crippen molar-refractivity contribution in [2.75, 3.05) is 17.2 Å². The maximum Gasteiger partial charge on any atom is 0.259 e. The van der Waals surface area contributed by atoms with Crippen molar-refractivity contribution in [1.29, 1.82) is 0 Å². The number of aromatic nitrogens is 3. The van der Waals surface area contributed by atoms with Gasteiger partial charge >= 0.3 is 0 Å².